The van der Waals surface area contributed by atoms with E-state index in [1.165, 1.54) is 83.5 Å². The molecule has 1 saturated heterocycles. The van der Waals surface area contributed by atoms with Crippen molar-refractivity contribution in [2.45, 2.75) is 269 Å². The van der Waals surface area contributed by atoms with Crippen LogP contribution in [-0.2, 0) is 23.8 Å². The number of carbonyl (C=O) groups excluding carboxylic acids is 2. The molecule has 0 aromatic rings. The van der Waals surface area contributed by atoms with Gasteiger partial charge in [0.05, 0.1) is 25.4 Å². The first-order valence-electron chi connectivity index (χ1n) is 27.1. The molecule has 1 amide bonds. The van der Waals surface area contributed by atoms with E-state index in [0.29, 0.717) is 12.8 Å². The van der Waals surface area contributed by atoms with Crippen molar-refractivity contribution in [1.82, 2.24) is 5.32 Å². The lowest BCUT2D eigenvalue weighted by Gasteiger charge is -2.41. The van der Waals surface area contributed by atoms with Crippen LogP contribution in [0.2, 0.25) is 0 Å². The van der Waals surface area contributed by atoms with Crippen molar-refractivity contribution in [3.63, 3.8) is 0 Å². The number of aliphatic hydroxyl groups is 5. The second-order valence-electron chi connectivity index (χ2n) is 18.6. The van der Waals surface area contributed by atoms with Gasteiger partial charge in [-0.3, -0.25) is 9.59 Å². The van der Waals surface area contributed by atoms with Gasteiger partial charge < -0.3 is 45.1 Å². The molecule has 67 heavy (non-hydrogen) atoms. The summed E-state index contributed by atoms with van der Waals surface area (Å²) >= 11 is 0. The van der Waals surface area contributed by atoms with E-state index in [1.54, 1.807) is 6.08 Å². The maximum absolute atomic E-state index is 13.3. The van der Waals surface area contributed by atoms with E-state index < -0.39 is 67.4 Å². The van der Waals surface area contributed by atoms with Crippen LogP contribution in [-0.4, -0.2) is 99.6 Å². The van der Waals surface area contributed by atoms with Crippen molar-refractivity contribution in [1.29, 1.82) is 0 Å². The van der Waals surface area contributed by atoms with E-state index in [-0.39, 0.29) is 19.4 Å². The third-order valence-electron chi connectivity index (χ3n) is 12.5. The predicted molar refractivity (Wildman–Crippen MR) is 273 cm³/mol. The molecule has 1 aliphatic rings. The van der Waals surface area contributed by atoms with Crippen LogP contribution >= 0.6 is 0 Å². The van der Waals surface area contributed by atoms with Crippen LogP contribution in [0, 0.1) is 0 Å². The van der Waals surface area contributed by atoms with Crippen molar-refractivity contribution in [2.24, 2.45) is 0 Å². The number of aliphatic hydroxyl groups excluding tert-OH is 5. The number of rotatable bonds is 44. The Kier molecular flexibility index (Phi) is 41.5. The fourth-order valence-electron chi connectivity index (χ4n) is 8.11. The van der Waals surface area contributed by atoms with E-state index >= 15 is 0 Å². The standard InChI is InChI=1S/C56H99NO10/c1-4-7-10-13-16-19-22-24-25-26-29-32-35-38-41-44-51(61)67-54-53(63)52(62)50(45-58)66-56(54)65-46-47(48(59)42-39-36-33-30-27-21-18-15-12-9-6-3)57-55(64)49(60)43-40-37-34-31-28-23-20-17-14-11-8-5-2/h7,10,13,16,19,22,28,31,39,42,47-50,52-54,56,58-60,62-63H,4-6,8-9,11-12,14-15,17-18,20-21,23-27,29-30,32-38,40-41,43-46H2,1-3H3,(H,57,64)/b10-7+,16-13+,22-19+,31-28-,42-39+. The zero-order valence-corrected chi connectivity index (χ0v) is 42.5. The number of amides is 1. The molecule has 0 radical (unpaired) electrons. The van der Waals surface area contributed by atoms with Crippen molar-refractivity contribution >= 4 is 11.9 Å². The smallest absolute Gasteiger partial charge is 0.306 e. The van der Waals surface area contributed by atoms with Crippen molar-refractivity contribution in [2.75, 3.05) is 13.2 Å². The minimum atomic E-state index is -1.62. The Morgan fingerprint density at radius 3 is 1.64 bits per heavy atom. The Morgan fingerprint density at radius 1 is 0.597 bits per heavy atom. The third-order valence-corrected chi connectivity index (χ3v) is 12.5. The van der Waals surface area contributed by atoms with Gasteiger partial charge in [-0.05, 0) is 70.6 Å². The first-order valence-corrected chi connectivity index (χ1v) is 27.1. The molecule has 0 aromatic carbocycles. The van der Waals surface area contributed by atoms with Crippen LogP contribution in [0.5, 0.6) is 0 Å². The van der Waals surface area contributed by atoms with Gasteiger partial charge in [0.15, 0.2) is 12.4 Å². The van der Waals surface area contributed by atoms with Gasteiger partial charge in [-0.15, -0.1) is 0 Å². The highest BCUT2D eigenvalue weighted by atomic mass is 16.7. The van der Waals surface area contributed by atoms with Crippen LogP contribution < -0.4 is 5.32 Å². The molecule has 8 atom stereocenters. The molecular formula is C56H99NO10. The zero-order chi connectivity index (χ0) is 49.0. The molecule has 1 aliphatic heterocycles. The molecule has 1 fully saturated rings. The summed E-state index contributed by atoms with van der Waals surface area (Å²) < 4.78 is 17.5. The molecular weight excluding hydrogens is 847 g/mol. The van der Waals surface area contributed by atoms with E-state index in [2.05, 4.69) is 68.6 Å². The Morgan fingerprint density at radius 2 is 1.09 bits per heavy atom. The molecule has 0 aromatic heterocycles. The van der Waals surface area contributed by atoms with Crippen molar-refractivity contribution < 1.29 is 49.3 Å². The summed E-state index contributed by atoms with van der Waals surface area (Å²) in [5.41, 5.74) is 0. The van der Waals surface area contributed by atoms with Gasteiger partial charge in [0.2, 0.25) is 5.91 Å². The summed E-state index contributed by atoms with van der Waals surface area (Å²) in [6.45, 7) is 5.59. The summed E-state index contributed by atoms with van der Waals surface area (Å²) in [7, 11) is 0. The fourth-order valence-corrected chi connectivity index (χ4v) is 8.11. The number of hydrogen-bond donors (Lipinski definition) is 6. The second-order valence-corrected chi connectivity index (χ2v) is 18.6. The summed E-state index contributed by atoms with van der Waals surface area (Å²) in [5, 5.41) is 56.6. The largest absolute Gasteiger partial charge is 0.454 e. The summed E-state index contributed by atoms with van der Waals surface area (Å²) in [4.78, 5) is 26.3. The Bertz CT molecular complexity index is 1320. The van der Waals surface area contributed by atoms with Gasteiger partial charge in [-0.2, -0.15) is 0 Å². The fraction of sp³-hybridized carbons (Fsp3) is 0.786. The number of carbonyl (C=O) groups is 2. The van der Waals surface area contributed by atoms with Crippen LogP contribution in [0.25, 0.3) is 0 Å². The van der Waals surface area contributed by atoms with Crippen LogP contribution in [0.4, 0.5) is 0 Å². The normalized spacial score (nSPS) is 20.5. The summed E-state index contributed by atoms with van der Waals surface area (Å²) in [5.74, 6) is -1.23. The van der Waals surface area contributed by atoms with Gasteiger partial charge in [-0.25, -0.2) is 0 Å². The summed E-state index contributed by atoms with van der Waals surface area (Å²) in [6.07, 6.45) is 42.7. The van der Waals surface area contributed by atoms with Crippen LogP contribution in [0.3, 0.4) is 0 Å². The topological polar surface area (TPSA) is 175 Å². The molecule has 388 valence electrons. The Labute approximate surface area is 408 Å². The first-order chi connectivity index (χ1) is 32.7. The molecule has 0 saturated carbocycles. The van der Waals surface area contributed by atoms with E-state index in [9.17, 15) is 35.1 Å². The highest BCUT2D eigenvalue weighted by Crippen LogP contribution is 2.26. The SMILES string of the molecule is CC/C=C/C=C/C=C/CCCCCCCCCC(=O)OC1C(OCC(NC(=O)C(O)CCCC/C=C\CCCCCCCC)C(O)/C=C/CCCCCCCCCCC)OC(CO)C(O)C1O. The van der Waals surface area contributed by atoms with E-state index in [0.717, 1.165) is 89.9 Å². The minimum absolute atomic E-state index is 0.107. The average molecular weight is 946 g/mol. The molecule has 11 heteroatoms. The van der Waals surface area contributed by atoms with Crippen molar-refractivity contribution in [3.8, 4) is 0 Å². The van der Waals surface area contributed by atoms with Crippen LogP contribution in [0.1, 0.15) is 220 Å². The van der Waals surface area contributed by atoms with Crippen LogP contribution in [0.15, 0.2) is 60.8 Å². The molecule has 11 nitrogen and oxygen atoms in total. The maximum atomic E-state index is 13.3. The monoisotopic (exact) mass is 946 g/mol. The highest BCUT2D eigenvalue weighted by Gasteiger charge is 2.47. The van der Waals surface area contributed by atoms with Gasteiger partial charge in [0.25, 0.3) is 0 Å². The van der Waals surface area contributed by atoms with Gasteiger partial charge in [0, 0.05) is 6.42 Å². The highest BCUT2D eigenvalue weighted by molar-refractivity contribution is 5.80. The number of nitrogens with one attached hydrogen (secondary N) is 1. The lowest BCUT2D eigenvalue weighted by atomic mass is 9.99. The quantitative estimate of drug-likeness (QED) is 0.0149. The number of unbranched alkanes of at least 4 members (excludes halogenated alkanes) is 24. The minimum Gasteiger partial charge on any atom is -0.454 e. The van der Waals surface area contributed by atoms with Gasteiger partial charge >= 0.3 is 5.97 Å². The molecule has 0 spiro atoms. The lowest BCUT2D eigenvalue weighted by Crippen LogP contribution is -2.61. The van der Waals surface area contributed by atoms with E-state index in [4.69, 9.17) is 14.2 Å². The second kappa shape index (κ2) is 44.6. The number of allylic oxidation sites excluding steroid dienone is 9. The summed E-state index contributed by atoms with van der Waals surface area (Å²) in [6, 6.07) is -1.03. The number of esters is 1. The molecule has 8 unspecified atom stereocenters. The van der Waals surface area contributed by atoms with Crippen molar-refractivity contribution in [3.05, 3.63) is 60.8 Å². The third kappa shape index (κ3) is 33.5. The average Bonchev–Trinajstić information content (AvgIpc) is 3.32. The molecule has 6 N–H and O–H groups in total. The first kappa shape index (κ1) is 62.4. The zero-order valence-electron chi connectivity index (χ0n) is 42.5. The van der Waals surface area contributed by atoms with Gasteiger partial charge in [-0.1, -0.05) is 204 Å². The predicted octanol–water partition coefficient (Wildman–Crippen LogP) is 11.5. The Hall–Kier alpha value is -2.64. The number of hydrogen-bond acceptors (Lipinski definition) is 10. The number of ether oxygens (including phenoxy) is 3. The van der Waals surface area contributed by atoms with Gasteiger partial charge in [0.1, 0.15) is 24.4 Å². The van der Waals surface area contributed by atoms with E-state index in [1.807, 2.05) is 12.2 Å². The molecule has 1 rings (SSSR count). The molecule has 0 bridgehead atoms. The Balaban J connectivity index is 2.77. The molecule has 1 heterocycles. The lowest BCUT2D eigenvalue weighted by molar-refractivity contribution is -0.305. The maximum Gasteiger partial charge on any atom is 0.306 e. The molecule has 0 aliphatic carbocycles.